The lowest BCUT2D eigenvalue weighted by Crippen LogP contribution is -2.26. The maximum absolute atomic E-state index is 4.79. The fourth-order valence-electron chi connectivity index (χ4n) is 3.89. The van der Waals surface area contributed by atoms with E-state index in [0.29, 0.717) is 5.92 Å². The Morgan fingerprint density at radius 1 is 1.00 bits per heavy atom. The largest absolute Gasteiger partial charge is 0.317 e. The predicted molar refractivity (Wildman–Crippen MR) is 104 cm³/mol. The summed E-state index contributed by atoms with van der Waals surface area (Å²) >= 11 is 0. The van der Waals surface area contributed by atoms with Gasteiger partial charge in [-0.15, -0.1) is 0 Å². The molecule has 0 unspecified atom stereocenters. The first kappa shape index (κ1) is 15.5. The van der Waals surface area contributed by atoms with Crippen molar-refractivity contribution in [2.75, 3.05) is 13.1 Å². The summed E-state index contributed by atoms with van der Waals surface area (Å²) < 4.78 is 1.83. The minimum absolute atomic E-state index is 0.647. The molecule has 0 spiro atoms. The molecular formula is C21H21N5. The summed E-state index contributed by atoms with van der Waals surface area (Å²) in [6, 6.07) is 12.8. The third-order valence-corrected chi connectivity index (χ3v) is 5.29. The molecule has 1 N–H and O–H groups in total. The van der Waals surface area contributed by atoms with Crippen molar-refractivity contribution in [2.24, 2.45) is 7.05 Å². The van der Waals surface area contributed by atoms with E-state index in [1.807, 2.05) is 36.3 Å². The minimum Gasteiger partial charge on any atom is -0.317 e. The standard InChI is InChI=1S/C21H21N5/c1-26-13-18-11-16(3-5-20(18)25-26)21-23-12-17-10-15(2-4-19(17)24-21)14-6-8-22-9-7-14/h2-5,10-14,22H,6-9H2,1H3. The second kappa shape index (κ2) is 6.18. The Bertz CT molecular complexity index is 1090. The zero-order valence-corrected chi connectivity index (χ0v) is 14.8. The Balaban J connectivity index is 1.52. The van der Waals surface area contributed by atoms with Gasteiger partial charge in [0.1, 0.15) is 0 Å². The van der Waals surface area contributed by atoms with Crippen molar-refractivity contribution >= 4 is 21.8 Å². The van der Waals surface area contributed by atoms with Gasteiger partial charge in [-0.3, -0.25) is 4.68 Å². The average Bonchev–Trinajstić information content (AvgIpc) is 3.07. The van der Waals surface area contributed by atoms with Gasteiger partial charge in [-0.25, -0.2) is 9.97 Å². The highest BCUT2D eigenvalue weighted by Crippen LogP contribution is 2.28. The Morgan fingerprint density at radius 2 is 1.85 bits per heavy atom. The molecule has 4 aromatic rings. The SMILES string of the molecule is Cn1cc2cc(-c3ncc4cc(C5CCNCC5)ccc4n3)ccc2n1. The van der Waals surface area contributed by atoms with E-state index in [9.17, 15) is 0 Å². The van der Waals surface area contributed by atoms with E-state index in [1.54, 1.807) is 0 Å². The predicted octanol–water partition coefficient (Wildman–Crippen LogP) is 3.65. The van der Waals surface area contributed by atoms with E-state index >= 15 is 0 Å². The smallest absolute Gasteiger partial charge is 0.159 e. The van der Waals surface area contributed by atoms with Crippen molar-refractivity contribution < 1.29 is 0 Å². The van der Waals surface area contributed by atoms with E-state index in [-0.39, 0.29) is 0 Å². The number of hydrogen-bond donors (Lipinski definition) is 1. The van der Waals surface area contributed by atoms with Crippen LogP contribution in [0.2, 0.25) is 0 Å². The van der Waals surface area contributed by atoms with Crippen LogP contribution in [-0.2, 0) is 7.05 Å². The Labute approximate surface area is 152 Å². The molecule has 5 heteroatoms. The third-order valence-electron chi connectivity index (χ3n) is 5.29. The number of rotatable bonds is 2. The lowest BCUT2D eigenvalue weighted by molar-refractivity contribution is 0.460. The molecule has 1 aliphatic rings. The molecule has 0 atom stereocenters. The lowest BCUT2D eigenvalue weighted by Gasteiger charge is -2.23. The number of nitrogens with one attached hydrogen (secondary N) is 1. The maximum Gasteiger partial charge on any atom is 0.159 e. The fraction of sp³-hybridized carbons (Fsp3) is 0.286. The monoisotopic (exact) mass is 343 g/mol. The van der Waals surface area contributed by atoms with Crippen molar-refractivity contribution in [2.45, 2.75) is 18.8 Å². The van der Waals surface area contributed by atoms with Crippen LogP contribution < -0.4 is 5.32 Å². The van der Waals surface area contributed by atoms with Gasteiger partial charge in [-0.2, -0.15) is 5.10 Å². The first-order chi connectivity index (χ1) is 12.8. The Kier molecular flexibility index (Phi) is 3.68. The summed E-state index contributed by atoms with van der Waals surface area (Å²) in [7, 11) is 1.94. The second-order valence-electron chi connectivity index (χ2n) is 7.11. The van der Waals surface area contributed by atoms with Crippen LogP contribution in [0, 0.1) is 0 Å². The number of benzene rings is 2. The minimum atomic E-state index is 0.647. The zero-order valence-electron chi connectivity index (χ0n) is 14.8. The summed E-state index contributed by atoms with van der Waals surface area (Å²) in [6.07, 6.45) is 6.38. The topological polar surface area (TPSA) is 55.6 Å². The average molecular weight is 343 g/mol. The van der Waals surface area contributed by atoms with Gasteiger partial charge in [0.2, 0.25) is 0 Å². The molecule has 5 nitrogen and oxygen atoms in total. The van der Waals surface area contributed by atoms with Crippen LogP contribution in [0.1, 0.15) is 24.3 Å². The molecule has 0 radical (unpaired) electrons. The lowest BCUT2D eigenvalue weighted by atomic mass is 9.89. The Hall–Kier alpha value is -2.79. The number of hydrogen-bond acceptors (Lipinski definition) is 4. The highest BCUT2D eigenvalue weighted by Gasteiger charge is 2.15. The van der Waals surface area contributed by atoms with E-state index in [4.69, 9.17) is 4.98 Å². The summed E-state index contributed by atoms with van der Waals surface area (Å²) in [4.78, 5) is 9.42. The van der Waals surface area contributed by atoms with Crippen LogP contribution in [0.3, 0.4) is 0 Å². The molecule has 1 aliphatic heterocycles. The van der Waals surface area contributed by atoms with Crippen molar-refractivity contribution in [3.8, 4) is 11.4 Å². The molecule has 1 saturated heterocycles. The Morgan fingerprint density at radius 3 is 2.73 bits per heavy atom. The normalized spacial score (nSPS) is 15.7. The molecule has 0 amide bonds. The summed E-state index contributed by atoms with van der Waals surface area (Å²) in [5.74, 6) is 1.41. The van der Waals surface area contributed by atoms with Crippen molar-refractivity contribution in [3.05, 3.63) is 54.4 Å². The molecular weight excluding hydrogens is 322 g/mol. The van der Waals surface area contributed by atoms with Gasteiger partial charge in [0, 0.05) is 35.8 Å². The van der Waals surface area contributed by atoms with Gasteiger partial charge < -0.3 is 5.32 Å². The summed E-state index contributed by atoms with van der Waals surface area (Å²) in [5, 5.41) is 10.1. The molecule has 1 fully saturated rings. The van der Waals surface area contributed by atoms with Crippen LogP contribution in [0.4, 0.5) is 0 Å². The number of piperidine rings is 1. The van der Waals surface area contributed by atoms with Gasteiger partial charge in [-0.05, 0) is 67.7 Å². The number of nitrogens with zero attached hydrogens (tertiary/aromatic N) is 4. The second-order valence-corrected chi connectivity index (χ2v) is 7.11. The van der Waals surface area contributed by atoms with Crippen molar-refractivity contribution in [3.63, 3.8) is 0 Å². The van der Waals surface area contributed by atoms with Crippen LogP contribution in [0.5, 0.6) is 0 Å². The van der Waals surface area contributed by atoms with Crippen LogP contribution in [-0.4, -0.2) is 32.8 Å². The summed E-state index contributed by atoms with van der Waals surface area (Å²) in [6.45, 7) is 2.21. The quantitative estimate of drug-likeness (QED) is 0.604. The van der Waals surface area contributed by atoms with Crippen LogP contribution in [0.15, 0.2) is 48.8 Å². The van der Waals surface area contributed by atoms with E-state index in [2.05, 4.69) is 39.7 Å². The fourth-order valence-corrected chi connectivity index (χ4v) is 3.89. The van der Waals surface area contributed by atoms with E-state index in [1.165, 1.54) is 18.4 Å². The zero-order chi connectivity index (χ0) is 17.5. The highest BCUT2D eigenvalue weighted by atomic mass is 15.2. The van der Waals surface area contributed by atoms with Gasteiger partial charge in [-0.1, -0.05) is 6.07 Å². The van der Waals surface area contributed by atoms with Crippen molar-refractivity contribution in [1.82, 2.24) is 25.1 Å². The first-order valence-corrected chi connectivity index (χ1v) is 9.17. The number of aromatic nitrogens is 4. The van der Waals surface area contributed by atoms with Crippen LogP contribution in [0.25, 0.3) is 33.2 Å². The molecule has 3 heterocycles. The highest BCUT2D eigenvalue weighted by molar-refractivity contribution is 5.85. The molecule has 130 valence electrons. The third kappa shape index (κ3) is 2.74. The van der Waals surface area contributed by atoms with Gasteiger partial charge in [0.05, 0.1) is 11.0 Å². The summed E-state index contributed by atoms with van der Waals surface area (Å²) in [5.41, 5.74) is 4.42. The maximum atomic E-state index is 4.79. The van der Waals surface area contributed by atoms with E-state index in [0.717, 1.165) is 46.3 Å². The molecule has 5 rings (SSSR count). The molecule has 2 aromatic carbocycles. The van der Waals surface area contributed by atoms with Gasteiger partial charge >= 0.3 is 0 Å². The van der Waals surface area contributed by atoms with E-state index < -0.39 is 0 Å². The first-order valence-electron chi connectivity index (χ1n) is 9.17. The molecule has 0 saturated carbocycles. The molecule has 0 bridgehead atoms. The number of aryl methyl sites for hydroxylation is 1. The number of fused-ring (bicyclic) bond motifs is 2. The van der Waals surface area contributed by atoms with Crippen LogP contribution >= 0.6 is 0 Å². The molecule has 2 aromatic heterocycles. The molecule has 0 aliphatic carbocycles. The van der Waals surface area contributed by atoms with Gasteiger partial charge in [0.25, 0.3) is 0 Å². The van der Waals surface area contributed by atoms with Crippen molar-refractivity contribution in [1.29, 1.82) is 0 Å². The van der Waals surface area contributed by atoms with Gasteiger partial charge in [0.15, 0.2) is 5.82 Å². The molecule has 26 heavy (non-hydrogen) atoms.